The maximum atomic E-state index is 12.9. The molecule has 0 aromatic heterocycles. The molecule has 0 aliphatic heterocycles. The van der Waals surface area contributed by atoms with E-state index in [2.05, 4.69) is 12.1 Å². The summed E-state index contributed by atoms with van der Waals surface area (Å²) in [6.45, 7) is 6.30. The van der Waals surface area contributed by atoms with Gasteiger partial charge in [-0.05, 0) is 75.6 Å². The van der Waals surface area contributed by atoms with Crippen LogP contribution in [0.25, 0.3) is 0 Å². The molecule has 0 heterocycles. The Hall–Kier alpha value is -2.49. The molecule has 4 heteroatoms. The highest BCUT2D eigenvalue weighted by molar-refractivity contribution is 5.68. The predicted octanol–water partition coefficient (Wildman–Crippen LogP) is 5.86. The fourth-order valence-corrected chi connectivity index (χ4v) is 3.91. The van der Waals surface area contributed by atoms with Crippen molar-refractivity contribution in [3.63, 3.8) is 0 Å². The van der Waals surface area contributed by atoms with Gasteiger partial charge >= 0.3 is 6.09 Å². The van der Waals surface area contributed by atoms with Crippen molar-refractivity contribution in [1.82, 2.24) is 4.90 Å². The van der Waals surface area contributed by atoms with Gasteiger partial charge < -0.3 is 14.7 Å². The Morgan fingerprint density at radius 2 is 1.61 bits per heavy atom. The van der Waals surface area contributed by atoms with Gasteiger partial charge in [-0.15, -0.1) is 0 Å². The second-order valence-corrected chi connectivity index (χ2v) is 8.69. The Kier molecular flexibility index (Phi) is 6.28. The first-order valence-electron chi connectivity index (χ1n) is 10.1. The van der Waals surface area contributed by atoms with Gasteiger partial charge in [0.1, 0.15) is 11.4 Å². The molecule has 4 nitrogen and oxygen atoms in total. The van der Waals surface area contributed by atoms with E-state index >= 15 is 0 Å². The van der Waals surface area contributed by atoms with Crippen molar-refractivity contribution in [3.05, 3.63) is 65.7 Å². The molecule has 0 saturated heterocycles. The number of phenols is 1. The zero-order chi connectivity index (χ0) is 20.1. The molecule has 2 aromatic carbocycles. The van der Waals surface area contributed by atoms with E-state index in [4.69, 9.17) is 4.74 Å². The van der Waals surface area contributed by atoms with Crippen LogP contribution in [0, 0.1) is 0 Å². The molecule has 1 N–H and O–H groups in total. The smallest absolute Gasteiger partial charge is 0.410 e. The molecule has 150 valence electrons. The van der Waals surface area contributed by atoms with Crippen LogP contribution in [0.2, 0.25) is 0 Å². The number of hydrogen-bond donors (Lipinski definition) is 1. The number of nitrogens with zero attached hydrogens (tertiary/aromatic N) is 1. The summed E-state index contributed by atoms with van der Waals surface area (Å²) in [6, 6.07) is 17.8. The summed E-state index contributed by atoms with van der Waals surface area (Å²) in [7, 11) is 0. The minimum absolute atomic E-state index is 0.184. The van der Waals surface area contributed by atoms with E-state index in [1.165, 1.54) is 5.56 Å². The SMILES string of the molecule is CC(C)(C)OC(=O)N(Cc1ccccc1)[C@H]1CC[C@H](c2ccc(O)cc2)CC1. The van der Waals surface area contributed by atoms with Gasteiger partial charge in [0.05, 0.1) is 0 Å². The number of amides is 1. The third-order valence-electron chi connectivity index (χ3n) is 5.33. The lowest BCUT2D eigenvalue weighted by Gasteiger charge is -2.38. The molecule has 0 bridgehead atoms. The number of hydrogen-bond acceptors (Lipinski definition) is 3. The van der Waals surface area contributed by atoms with E-state index < -0.39 is 5.60 Å². The summed E-state index contributed by atoms with van der Waals surface area (Å²) in [5, 5.41) is 9.51. The third kappa shape index (κ3) is 5.51. The Bertz CT molecular complexity index is 757. The highest BCUT2D eigenvalue weighted by Gasteiger charge is 2.32. The number of benzene rings is 2. The first-order chi connectivity index (χ1) is 13.3. The molecule has 1 saturated carbocycles. The van der Waals surface area contributed by atoms with Crippen molar-refractivity contribution in [1.29, 1.82) is 0 Å². The third-order valence-corrected chi connectivity index (χ3v) is 5.33. The highest BCUT2D eigenvalue weighted by atomic mass is 16.6. The molecule has 0 unspecified atom stereocenters. The van der Waals surface area contributed by atoms with Crippen LogP contribution in [0.15, 0.2) is 54.6 Å². The van der Waals surface area contributed by atoms with Gasteiger partial charge in [0.15, 0.2) is 0 Å². The van der Waals surface area contributed by atoms with Crippen LogP contribution < -0.4 is 0 Å². The van der Waals surface area contributed by atoms with Crippen LogP contribution in [0.5, 0.6) is 5.75 Å². The molecule has 1 aliphatic rings. The van der Waals surface area contributed by atoms with Crippen molar-refractivity contribution >= 4 is 6.09 Å². The predicted molar refractivity (Wildman–Crippen MR) is 111 cm³/mol. The standard InChI is InChI=1S/C24H31NO3/c1-24(2,3)28-23(27)25(17-18-7-5-4-6-8-18)21-13-9-19(10-14-21)20-11-15-22(26)16-12-20/h4-8,11-12,15-16,19,21,26H,9-10,13-14,17H2,1-3H3/t19-,21-. The van der Waals surface area contributed by atoms with Crippen LogP contribution in [-0.4, -0.2) is 27.7 Å². The number of carbonyl (C=O) groups is 1. The lowest BCUT2D eigenvalue weighted by molar-refractivity contribution is 0.00921. The highest BCUT2D eigenvalue weighted by Crippen LogP contribution is 2.36. The second kappa shape index (κ2) is 8.68. The number of rotatable bonds is 4. The first-order valence-corrected chi connectivity index (χ1v) is 10.1. The van der Waals surface area contributed by atoms with Gasteiger partial charge in [-0.2, -0.15) is 0 Å². The van der Waals surface area contributed by atoms with Crippen molar-refractivity contribution < 1.29 is 14.6 Å². The van der Waals surface area contributed by atoms with Gasteiger partial charge in [-0.1, -0.05) is 42.5 Å². The molecule has 0 atom stereocenters. The Morgan fingerprint density at radius 3 is 2.18 bits per heavy atom. The maximum Gasteiger partial charge on any atom is 0.410 e. The van der Waals surface area contributed by atoms with Gasteiger partial charge in [-0.25, -0.2) is 4.79 Å². The van der Waals surface area contributed by atoms with Gasteiger partial charge in [0, 0.05) is 12.6 Å². The van der Waals surface area contributed by atoms with Crippen LogP contribution in [0.4, 0.5) is 4.79 Å². The van der Waals surface area contributed by atoms with Crippen molar-refractivity contribution in [2.24, 2.45) is 0 Å². The van der Waals surface area contributed by atoms with E-state index in [1.54, 1.807) is 12.1 Å². The van der Waals surface area contributed by atoms with Gasteiger partial charge in [-0.3, -0.25) is 0 Å². The van der Waals surface area contributed by atoms with Crippen molar-refractivity contribution in [3.8, 4) is 5.75 Å². The summed E-state index contributed by atoms with van der Waals surface area (Å²) in [6.07, 6.45) is 3.74. The summed E-state index contributed by atoms with van der Waals surface area (Å²) >= 11 is 0. The molecule has 0 radical (unpaired) electrons. The number of aromatic hydroxyl groups is 1. The molecule has 0 spiro atoms. The average Bonchev–Trinajstić information content (AvgIpc) is 2.66. The molecular weight excluding hydrogens is 350 g/mol. The molecular formula is C24H31NO3. The topological polar surface area (TPSA) is 49.8 Å². The molecule has 1 fully saturated rings. The van der Waals surface area contributed by atoms with E-state index in [-0.39, 0.29) is 12.1 Å². The zero-order valence-corrected chi connectivity index (χ0v) is 17.1. The van der Waals surface area contributed by atoms with E-state index in [0.717, 1.165) is 31.2 Å². The number of ether oxygens (including phenoxy) is 1. The molecule has 2 aromatic rings. The Labute approximate surface area is 168 Å². The molecule has 1 amide bonds. The van der Waals surface area contributed by atoms with E-state index in [1.807, 2.05) is 56.0 Å². The second-order valence-electron chi connectivity index (χ2n) is 8.69. The van der Waals surface area contributed by atoms with Gasteiger partial charge in [0.25, 0.3) is 0 Å². The van der Waals surface area contributed by atoms with Crippen LogP contribution in [0.3, 0.4) is 0 Å². The summed E-state index contributed by atoms with van der Waals surface area (Å²) < 4.78 is 5.71. The fourth-order valence-electron chi connectivity index (χ4n) is 3.91. The van der Waals surface area contributed by atoms with Crippen molar-refractivity contribution in [2.75, 3.05) is 0 Å². The number of carbonyl (C=O) groups excluding carboxylic acids is 1. The van der Waals surface area contributed by atoms with Crippen LogP contribution in [0.1, 0.15) is 63.5 Å². The van der Waals surface area contributed by atoms with Crippen molar-refractivity contribution in [2.45, 2.75) is 70.6 Å². The van der Waals surface area contributed by atoms with Crippen LogP contribution >= 0.6 is 0 Å². The normalized spacial score (nSPS) is 19.8. The lowest BCUT2D eigenvalue weighted by Crippen LogP contribution is -2.44. The number of phenolic OH excluding ortho intramolecular Hbond substituents is 1. The van der Waals surface area contributed by atoms with E-state index in [0.29, 0.717) is 18.2 Å². The lowest BCUT2D eigenvalue weighted by atomic mass is 9.81. The average molecular weight is 382 g/mol. The maximum absolute atomic E-state index is 12.9. The summed E-state index contributed by atoms with van der Waals surface area (Å²) in [5.74, 6) is 0.783. The minimum Gasteiger partial charge on any atom is -0.508 e. The summed E-state index contributed by atoms with van der Waals surface area (Å²) in [5.41, 5.74) is 1.88. The van der Waals surface area contributed by atoms with Gasteiger partial charge in [0.2, 0.25) is 0 Å². The molecule has 3 rings (SSSR count). The minimum atomic E-state index is -0.505. The first kappa shape index (κ1) is 20.2. The van der Waals surface area contributed by atoms with Crippen LogP contribution in [-0.2, 0) is 11.3 Å². The Balaban J connectivity index is 1.69. The molecule has 28 heavy (non-hydrogen) atoms. The zero-order valence-electron chi connectivity index (χ0n) is 17.1. The Morgan fingerprint density at radius 1 is 1.00 bits per heavy atom. The summed E-state index contributed by atoms with van der Waals surface area (Å²) in [4.78, 5) is 14.8. The quantitative estimate of drug-likeness (QED) is 0.722. The monoisotopic (exact) mass is 381 g/mol. The fraction of sp³-hybridized carbons (Fsp3) is 0.458. The largest absolute Gasteiger partial charge is 0.508 e. The molecule has 1 aliphatic carbocycles. The van der Waals surface area contributed by atoms with E-state index in [9.17, 15) is 9.90 Å².